The van der Waals surface area contributed by atoms with E-state index >= 15 is 0 Å². The van der Waals surface area contributed by atoms with Crippen molar-refractivity contribution in [3.05, 3.63) is 123 Å². The Morgan fingerprint density at radius 1 is 0.625 bits per heavy atom. The summed E-state index contributed by atoms with van der Waals surface area (Å²) in [5, 5.41) is 9.90. The van der Waals surface area contributed by atoms with Gasteiger partial charge in [-0.05, 0) is 59.2 Å². The van der Waals surface area contributed by atoms with E-state index in [1.807, 2.05) is 78.9 Å². The summed E-state index contributed by atoms with van der Waals surface area (Å²) in [7, 11) is 0. The Morgan fingerprint density at radius 2 is 1.03 bits per heavy atom. The van der Waals surface area contributed by atoms with Gasteiger partial charge in [-0.2, -0.15) is 0 Å². The highest BCUT2D eigenvalue weighted by molar-refractivity contribution is 6.31. The molecule has 0 radical (unpaired) electrons. The highest BCUT2D eigenvalue weighted by Crippen LogP contribution is 2.26. The monoisotopic (exact) mass is 504 g/mol. The molecule has 4 N–H and O–H groups in total. The van der Waals surface area contributed by atoms with Crippen molar-refractivity contribution in [2.75, 3.05) is 0 Å². The molecule has 0 heterocycles. The summed E-state index contributed by atoms with van der Waals surface area (Å²) in [5.41, 5.74) is 15.3. The first-order chi connectivity index (χ1) is 14.9. The lowest BCUT2D eigenvalue weighted by molar-refractivity contribution is 1.20. The van der Waals surface area contributed by atoms with Gasteiger partial charge in [0.1, 0.15) is 0 Å². The second-order valence-electron chi connectivity index (χ2n) is 6.47. The lowest BCUT2D eigenvalue weighted by atomic mass is 9.97. The molecule has 32 heavy (non-hydrogen) atoms. The van der Waals surface area contributed by atoms with Gasteiger partial charge in [0.25, 0.3) is 0 Å². The predicted molar refractivity (Wildman–Crippen MR) is 140 cm³/mol. The van der Waals surface area contributed by atoms with Crippen molar-refractivity contribution in [1.29, 1.82) is 0 Å². The van der Waals surface area contributed by atoms with Crippen LogP contribution in [0.4, 0.5) is 0 Å². The van der Waals surface area contributed by atoms with Crippen LogP contribution in [0.15, 0.2) is 101 Å². The van der Waals surface area contributed by atoms with Crippen molar-refractivity contribution in [2.24, 2.45) is 21.7 Å². The molecule has 0 spiro atoms. The fraction of sp³-hybridized carbons (Fsp3) is 0. The molecule has 0 aromatic heterocycles. The highest BCUT2D eigenvalue weighted by Gasteiger charge is 2.05. The molecule has 0 saturated carbocycles. The van der Waals surface area contributed by atoms with Crippen molar-refractivity contribution in [3.8, 4) is 0 Å². The molecule has 0 bridgehead atoms. The minimum Gasteiger partial charge on any atom is -0.369 e. The van der Waals surface area contributed by atoms with Crippen molar-refractivity contribution in [1.82, 2.24) is 0 Å². The smallest absolute Gasteiger partial charge is 0.211 e. The molecule has 0 fully saturated rings. The summed E-state index contributed by atoms with van der Waals surface area (Å²) in [4.78, 5) is 0. The van der Waals surface area contributed by atoms with Crippen molar-refractivity contribution >= 4 is 64.5 Å². The van der Waals surface area contributed by atoms with Gasteiger partial charge in [0, 0.05) is 20.6 Å². The normalized spacial score (nSPS) is 11.0. The van der Waals surface area contributed by atoms with E-state index in [1.165, 1.54) is 0 Å². The average Bonchev–Trinajstić information content (AvgIpc) is 2.76. The number of nitrogens with two attached hydrogens (primary N) is 2. The Kier molecular flexibility index (Phi) is 9.82. The van der Waals surface area contributed by atoms with Gasteiger partial charge < -0.3 is 11.5 Å². The summed E-state index contributed by atoms with van der Waals surface area (Å²) in [5.74, 6) is -0.126. The third-order valence-corrected chi connectivity index (χ3v) is 5.00. The van der Waals surface area contributed by atoms with Gasteiger partial charge in [0.05, 0.1) is 5.71 Å². The lowest BCUT2D eigenvalue weighted by Crippen LogP contribution is -2.22. The summed E-state index contributed by atoms with van der Waals surface area (Å²) >= 11 is 18.1. The molecule has 0 aliphatic heterocycles. The molecule has 0 aliphatic carbocycles. The Morgan fingerprint density at radius 3 is 1.44 bits per heavy atom. The molecule has 0 unspecified atom stereocenters. The van der Waals surface area contributed by atoms with Gasteiger partial charge in [-0.3, -0.25) is 0 Å². The van der Waals surface area contributed by atoms with E-state index in [2.05, 4.69) is 10.2 Å². The molecule has 3 aromatic rings. The molecular formula is C24H20Cl4N4. The quantitative estimate of drug-likeness (QED) is 0.168. The predicted octanol–water partition coefficient (Wildman–Crippen LogP) is 6.73. The molecule has 3 rings (SSSR count). The molecule has 0 atom stereocenters. The number of allylic oxidation sites excluding steroid dienone is 3. The van der Waals surface area contributed by atoms with E-state index in [1.54, 1.807) is 12.1 Å². The van der Waals surface area contributed by atoms with Gasteiger partial charge in [-0.1, -0.05) is 83.4 Å². The minimum atomic E-state index is -0.126. The molecule has 3 aromatic carbocycles. The maximum absolute atomic E-state index is 6.06. The van der Waals surface area contributed by atoms with Crippen LogP contribution < -0.4 is 11.5 Å². The third-order valence-electron chi connectivity index (χ3n) is 4.24. The maximum Gasteiger partial charge on any atom is 0.211 e. The average molecular weight is 506 g/mol. The van der Waals surface area contributed by atoms with E-state index in [-0.39, 0.29) is 18.4 Å². The van der Waals surface area contributed by atoms with E-state index in [9.17, 15) is 0 Å². The molecule has 164 valence electrons. The second kappa shape index (κ2) is 12.3. The Balaban J connectivity index is 0.00000363. The molecule has 0 aliphatic rings. The van der Waals surface area contributed by atoms with Crippen LogP contribution in [-0.2, 0) is 0 Å². The van der Waals surface area contributed by atoms with Gasteiger partial charge in [-0.15, -0.1) is 22.6 Å². The van der Waals surface area contributed by atoms with Crippen LogP contribution in [0.3, 0.4) is 0 Å². The molecule has 8 heteroatoms. The Bertz CT molecular complexity index is 1100. The number of halogens is 4. The van der Waals surface area contributed by atoms with Crippen LogP contribution in [0.2, 0.25) is 15.1 Å². The van der Waals surface area contributed by atoms with Crippen molar-refractivity contribution < 1.29 is 0 Å². The summed E-state index contributed by atoms with van der Waals surface area (Å²) in [6, 6.07) is 22.5. The Labute approximate surface area is 208 Å². The number of hydrogen-bond acceptors (Lipinski definition) is 2. The van der Waals surface area contributed by atoms with Gasteiger partial charge in [0.2, 0.25) is 5.96 Å². The van der Waals surface area contributed by atoms with Crippen LogP contribution >= 0.6 is 47.2 Å². The lowest BCUT2D eigenvalue weighted by Gasteiger charge is -2.08. The van der Waals surface area contributed by atoms with Gasteiger partial charge >= 0.3 is 0 Å². The molecule has 0 saturated heterocycles. The number of benzene rings is 3. The fourth-order valence-corrected chi connectivity index (χ4v) is 3.15. The SMILES string of the molecule is Cl.NC(N)=NN=C(C=CC=C(c1ccc(Cl)cc1)c1ccc(Cl)cc1)c1ccc(Cl)cc1. The minimum absolute atomic E-state index is 0. The zero-order valence-corrected chi connectivity index (χ0v) is 19.8. The number of nitrogens with zero attached hydrogens (tertiary/aromatic N) is 2. The number of guanidine groups is 1. The first-order valence-electron chi connectivity index (χ1n) is 9.25. The summed E-state index contributed by atoms with van der Waals surface area (Å²) < 4.78 is 0. The van der Waals surface area contributed by atoms with Crippen LogP contribution in [0.5, 0.6) is 0 Å². The van der Waals surface area contributed by atoms with Crippen LogP contribution in [-0.4, -0.2) is 11.7 Å². The summed E-state index contributed by atoms with van der Waals surface area (Å²) in [6.07, 6.45) is 5.68. The van der Waals surface area contributed by atoms with Crippen LogP contribution in [0.25, 0.3) is 5.57 Å². The molecule has 4 nitrogen and oxygen atoms in total. The van der Waals surface area contributed by atoms with Gasteiger partial charge in [-0.25, -0.2) is 0 Å². The first-order valence-corrected chi connectivity index (χ1v) is 10.4. The van der Waals surface area contributed by atoms with E-state index in [0.29, 0.717) is 20.8 Å². The fourth-order valence-electron chi connectivity index (χ4n) is 2.77. The summed E-state index contributed by atoms with van der Waals surface area (Å²) in [6.45, 7) is 0. The van der Waals surface area contributed by atoms with Crippen LogP contribution in [0, 0.1) is 0 Å². The standard InChI is InChI=1S/C24H19Cl3N4.ClH/c25-19-10-4-16(5-11-19)22(17-6-12-20(26)13-7-17)2-1-3-23(30-31-24(28)29)18-8-14-21(27)15-9-18;/h1-15H,(H4,28,29,31);1H. The zero-order chi connectivity index (χ0) is 22.2. The third kappa shape index (κ3) is 7.43. The first kappa shape index (κ1) is 25.5. The topological polar surface area (TPSA) is 76.8 Å². The van der Waals surface area contributed by atoms with Gasteiger partial charge in [0.15, 0.2) is 0 Å². The van der Waals surface area contributed by atoms with E-state index < -0.39 is 0 Å². The second-order valence-corrected chi connectivity index (χ2v) is 7.78. The van der Waals surface area contributed by atoms with E-state index in [4.69, 9.17) is 46.3 Å². The van der Waals surface area contributed by atoms with Crippen molar-refractivity contribution in [3.63, 3.8) is 0 Å². The molecular weight excluding hydrogens is 486 g/mol. The molecule has 0 amide bonds. The van der Waals surface area contributed by atoms with Crippen LogP contribution in [0.1, 0.15) is 16.7 Å². The van der Waals surface area contributed by atoms with E-state index in [0.717, 1.165) is 22.3 Å². The van der Waals surface area contributed by atoms with Crippen molar-refractivity contribution in [2.45, 2.75) is 0 Å². The maximum atomic E-state index is 6.06. The largest absolute Gasteiger partial charge is 0.369 e. The highest BCUT2D eigenvalue weighted by atomic mass is 35.5. The number of rotatable bonds is 6. The zero-order valence-electron chi connectivity index (χ0n) is 16.8. The Hall–Kier alpha value is -2.76. The number of hydrogen-bond donors (Lipinski definition) is 2.